The van der Waals surface area contributed by atoms with E-state index >= 15 is 0 Å². The van der Waals surface area contributed by atoms with E-state index in [1.807, 2.05) is 60.3 Å². The molecule has 1 amide bonds. The zero-order valence-corrected chi connectivity index (χ0v) is 11.7. The lowest BCUT2D eigenvalue weighted by Crippen LogP contribution is -2.12. The molecule has 0 bridgehead atoms. The molecule has 0 atom stereocenters. The Labute approximate surface area is 122 Å². The number of carbonyl (C=O) groups is 1. The number of rotatable bonds is 4. The first kappa shape index (κ1) is 13.2. The second kappa shape index (κ2) is 5.66. The fourth-order valence-corrected chi connectivity index (χ4v) is 2.11. The van der Waals surface area contributed by atoms with Gasteiger partial charge in [0.05, 0.1) is 0 Å². The number of nitrogens with zero attached hydrogens (tertiary/aromatic N) is 2. The number of aromatic nitrogens is 3. The SMILES string of the molecule is CCc1cc(NC(=O)c2cccc(-n3cccc3)c2)n[nH]1. The van der Waals surface area contributed by atoms with Gasteiger partial charge >= 0.3 is 0 Å². The first-order valence-corrected chi connectivity index (χ1v) is 6.85. The highest BCUT2D eigenvalue weighted by Crippen LogP contribution is 2.13. The van der Waals surface area contributed by atoms with Gasteiger partial charge in [-0.2, -0.15) is 5.10 Å². The standard InChI is InChI=1S/C16H16N4O/c1-2-13-11-15(19-18-13)17-16(21)12-6-5-7-14(10-12)20-8-3-4-9-20/h3-11H,2H2,1H3,(H2,17,18,19,21). The second-order valence-electron chi connectivity index (χ2n) is 4.73. The maximum Gasteiger partial charge on any atom is 0.256 e. The topological polar surface area (TPSA) is 62.7 Å². The summed E-state index contributed by atoms with van der Waals surface area (Å²) in [5.41, 5.74) is 2.54. The summed E-state index contributed by atoms with van der Waals surface area (Å²) in [7, 11) is 0. The van der Waals surface area contributed by atoms with Crippen LogP contribution in [0.2, 0.25) is 0 Å². The zero-order chi connectivity index (χ0) is 14.7. The van der Waals surface area contributed by atoms with Gasteiger partial charge in [-0.25, -0.2) is 0 Å². The Balaban J connectivity index is 1.80. The fourth-order valence-electron chi connectivity index (χ4n) is 2.11. The molecule has 0 saturated carbocycles. The maximum atomic E-state index is 12.3. The first-order chi connectivity index (χ1) is 10.3. The van der Waals surface area contributed by atoms with E-state index in [0.29, 0.717) is 11.4 Å². The fraction of sp³-hybridized carbons (Fsp3) is 0.125. The van der Waals surface area contributed by atoms with E-state index < -0.39 is 0 Å². The molecule has 0 aliphatic carbocycles. The molecule has 0 unspecified atom stereocenters. The van der Waals surface area contributed by atoms with Gasteiger partial charge in [0.25, 0.3) is 5.91 Å². The van der Waals surface area contributed by atoms with Crippen LogP contribution in [0.5, 0.6) is 0 Å². The molecule has 106 valence electrons. The van der Waals surface area contributed by atoms with Crippen LogP contribution in [0.1, 0.15) is 23.0 Å². The predicted octanol–water partition coefficient (Wildman–Crippen LogP) is 3.02. The van der Waals surface area contributed by atoms with Crippen LogP contribution in [0.15, 0.2) is 54.9 Å². The van der Waals surface area contributed by atoms with Gasteiger partial charge < -0.3 is 9.88 Å². The first-order valence-electron chi connectivity index (χ1n) is 6.85. The van der Waals surface area contributed by atoms with Gasteiger partial charge in [-0.05, 0) is 36.8 Å². The van der Waals surface area contributed by atoms with Gasteiger partial charge in [0.1, 0.15) is 0 Å². The van der Waals surface area contributed by atoms with Gasteiger partial charge in [0.15, 0.2) is 5.82 Å². The van der Waals surface area contributed by atoms with Crippen LogP contribution in [0.25, 0.3) is 5.69 Å². The van der Waals surface area contributed by atoms with Crippen molar-refractivity contribution in [3.8, 4) is 5.69 Å². The Hall–Kier alpha value is -2.82. The number of nitrogens with one attached hydrogen (secondary N) is 2. The predicted molar refractivity (Wildman–Crippen MR) is 81.7 cm³/mol. The summed E-state index contributed by atoms with van der Waals surface area (Å²) in [5, 5.41) is 9.73. The molecule has 0 fully saturated rings. The minimum Gasteiger partial charge on any atom is -0.324 e. The normalized spacial score (nSPS) is 10.5. The Morgan fingerprint density at radius 2 is 2.05 bits per heavy atom. The van der Waals surface area contributed by atoms with Gasteiger partial charge in [-0.15, -0.1) is 0 Å². The second-order valence-corrected chi connectivity index (χ2v) is 4.73. The summed E-state index contributed by atoms with van der Waals surface area (Å²) in [6, 6.07) is 13.2. The number of carbonyl (C=O) groups excluding carboxylic acids is 1. The number of anilines is 1. The molecule has 0 spiro atoms. The summed E-state index contributed by atoms with van der Waals surface area (Å²) < 4.78 is 1.96. The maximum absolute atomic E-state index is 12.3. The largest absolute Gasteiger partial charge is 0.324 e. The molecule has 3 aromatic rings. The summed E-state index contributed by atoms with van der Waals surface area (Å²) in [6.45, 7) is 2.03. The average molecular weight is 280 g/mol. The Morgan fingerprint density at radius 3 is 2.76 bits per heavy atom. The van der Waals surface area contributed by atoms with Crippen LogP contribution in [0, 0.1) is 0 Å². The Morgan fingerprint density at radius 1 is 1.24 bits per heavy atom. The zero-order valence-electron chi connectivity index (χ0n) is 11.7. The van der Waals surface area contributed by atoms with E-state index in [2.05, 4.69) is 15.5 Å². The van der Waals surface area contributed by atoms with E-state index in [1.165, 1.54) is 0 Å². The average Bonchev–Trinajstić information content (AvgIpc) is 3.18. The number of H-pyrrole nitrogens is 1. The van der Waals surface area contributed by atoms with Crippen LogP contribution in [0.3, 0.4) is 0 Å². The number of benzene rings is 1. The number of hydrogen-bond acceptors (Lipinski definition) is 2. The third-order valence-electron chi connectivity index (χ3n) is 3.26. The molecule has 2 aromatic heterocycles. The number of amides is 1. The summed E-state index contributed by atoms with van der Waals surface area (Å²) in [4.78, 5) is 12.3. The van der Waals surface area contributed by atoms with E-state index in [0.717, 1.165) is 17.8 Å². The number of aryl methyl sites for hydroxylation is 1. The smallest absolute Gasteiger partial charge is 0.256 e. The third kappa shape index (κ3) is 2.86. The third-order valence-corrected chi connectivity index (χ3v) is 3.26. The van der Waals surface area contributed by atoms with Crippen LogP contribution in [0.4, 0.5) is 5.82 Å². The summed E-state index contributed by atoms with van der Waals surface area (Å²) in [6.07, 6.45) is 4.74. The molecular weight excluding hydrogens is 264 g/mol. The lowest BCUT2D eigenvalue weighted by molar-refractivity contribution is 0.102. The summed E-state index contributed by atoms with van der Waals surface area (Å²) >= 11 is 0. The lowest BCUT2D eigenvalue weighted by atomic mass is 10.2. The summed E-state index contributed by atoms with van der Waals surface area (Å²) in [5.74, 6) is 0.376. The van der Waals surface area contributed by atoms with Gasteiger partial charge in [-0.1, -0.05) is 13.0 Å². The van der Waals surface area contributed by atoms with Crippen molar-refractivity contribution < 1.29 is 4.79 Å². The molecule has 2 N–H and O–H groups in total. The van der Waals surface area contributed by atoms with Gasteiger partial charge in [-0.3, -0.25) is 9.89 Å². The lowest BCUT2D eigenvalue weighted by Gasteiger charge is -2.06. The minimum atomic E-state index is -0.168. The molecule has 0 aliphatic rings. The molecule has 2 heterocycles. The molecule has 5 heteroatoms. The number of aromatic amines is 1. The highest BCUT2D eigenvalue weighted by molar-refractivity contribution is 6.04. The molecule has 0 radical (unpaired) electrons. The molecule has 3 rings (SSSR count). The van der Waals surface area contributed by atoms with Crippen molar-refractivity contribution in [1.29, 1.82) is 0 Å². The van der Waals surface area contributed by atoms with E-state index in [4.69, 9.17) is 0 Å². The van der Waals surface area contributed by atoms with Gasteiger partial charge in [0, 0.05) is 35.4 Å². The Kier molecular flexibility index (Phi) is 3.55. The van der Waals surface area contributed by atoms with Crippen LogP contribution in [-0.4, -0.2) is 20.7 Å². The molecule has 0 aliphatic heterocycles. The van der Waals surface area contributed by atoms with Gasteiger partial charge in [0.2, 0.25) is 0 Å². The monoisotopic (exact) mass is 280 g/mol. The highest BCUT2D eigenvalue weighted by Gasteiger charge is 2.09. The van der Waals surface area contributed by atoms with Crippen molar-refractivity contribution >= 4 is 11.7 Å². The molecular formula is C16H16N4O. The van der Waals surface area contributed by atoms with Crippen molar-refractivity contribution in [3.05, 3.63) is 66.1 Å². The highest BCUT2D eigenvalue weighted by atomic mass is 16.1. The van der Waals surface area contributed by atoms with E-state index in [9.17, 15) is 4.79 Å². The number of hydrogen-bond donors (Lipinski definition) is 2. The molecule has 5 nitrogen and oxygen atoms in total. The van der Waals surface area contributed by atoms with Crippen molar-refractivity contribution in [2.45, 2.75) is 13.3 Å². The minimum absolute atomic E-state index is 0.168. The molecule has 1 aromatic carbocycles. The van der Waals surface area contributed by atoms with Crippen LogP contribution in [-0.2, 0) is 6.42 Å². The quantitative estimate of drug-likeness (QED) is 0.771. The molecule has 0 saturated heterocycles. The van der Waals surface area contributed by atoms with Crippen LogP contribution < -0.4 is 5.32 Å². The van der Waals surface area contributed by atoms with Crippen molar-refractivity contribution in [1.82, 2.24) is 14.8 Å². The van der Waals surface area contributed by atoms with E-state index in [-0.39, 0.29) is 5.91 Å². The van der Waals surface area contributed by atoms with Crippen LogP contribution >= 0.6 is 0 Å². The van der Waals surface area contributed by atoms with Crippen molar-refractivity contribution in [2.75, 3.05) is 5.32 Å². The van der Waals surface area contributed by atoms with Crippen molar-refractivity contribution in [3.63, 3.8) is 0 Å². The van der Waals surface area contributed by atoms with Crippen molar-refractivity contribution in [2.24, 2.45) is 0 Å². The Bertz CT molecular complexity index is 743. The molecule has 21 heavy (non-hydrogen) atoms. The van der Waals surface area contributed by atoms with E-state index in [1.54, 1.807) is 6.07 Å².